The van der Waals surface area contributed by atoms with Crippen molar-refractivity contribution in [2.45, 2.75) is 57.7 Å². The molecule has 4 atom stereocenters. The van der Waals surface area contributed by atoms with Gasteiger partial charge in [-0.15, -0.1) is 0 Å². The molecule has 2 heterocycles. The largest absolute Gasteiger partial charge is 0.468 e. The van der Waals surface area contributed by atoms with Crippen LogP contribution in [0.1, 0.15) is 26.3 Å². The topological polar surface area (TPSA) is 113 Å². The van der Waals surface area contributed by atoms with Gasteiger partial charge in [-0.05, 0) is 19.4 Å². The molecule has 31 heavy (non-hydrogen) atoms. The Morgan fingerprint density at radius 3 is 2.52 bits per heavy atom. The van der Waals surface area contributed by atoms with Crippen molar-refractivity contribution in [3.63, 3.8) is 0 Å². The first-order valence-corrected chi connectivity index (χ1v) is 9.99. The van der Waals surface area contributed by atoms with Gasteiger partial charge in [0.25, 0.3) is 0 Å². The molecule has 2 aliphatic rings. The van der Waals surface area contributed by atoms with Gasteiger partial charge in [-0.25, -0.2) is 4.79 Å². The minimum atomic E-state index is -0.864. The maximum atomic E-state index is 12.7. The molecule has 0 saturated carbocycles. The van der Waals surface area contributed by atoms with E-state index >= 15 is 0 Å². The number of methoxy groups -OCH3 is 1. The molecule has 2 saturated heterocycles. The second-order valence-corrected chi connectivity index (χ2v) is 7.87. The van der Waals surface area contributed by atoms with E-state index in [0.717, 1.165) is 5.56 Å². The number of carbonyl (C=O) groups excluding carboxylic acids is 3. The molecule has 2 fully saturated rings. The number of fused-ring (bicyclic) bond motifs is 1. The fourth-order valence-electron chi connectivity index (χ4n) is 3.59. The number of rotatable bonds is 7. The van der Waals surface area contributed by atoms with Crippen molar-refractivity contribution in [1.29, 1.82) is 0 Å². The molecule has 0 aromatic heterocycles. The summed E-state index contributed by atoms with van der Waals surface area (Å²) >= 11 is 0. The number of benzene rings is 1. The molecule has 10 nitrogen and oxygen atoms in total. The Bertz CT molecular complexity index is 800. The summed E-state index contributed by atoms with van der Waals surface area (Å²) in [5.41, 5.74) is 0.806. The van der Waals surface area contributed by atoms with E-state index in [1.807, 2.05) is 30.3 Å². The van der Waals surface area contributed by atoms with Crippen LogP contribution >= 0.6 is 0 Å². The van der Waals surface area contributed by atoms with Gasteiger partial charge in [0.05, 0.1) is 19.7 Å². The van der Waals surface area contributed by atoms with Gasteiger partial charge in [0.1, 0.15) is 25.4 Å². The Morgan fingerprint density at radius 2 is 1.87 bits per heavy atom. The summed E-state index contributed by atoms with van der Waals surface area (Å²) in [6.07, 6.45) is -2.65. The van der Waals surface area contributed by atoms with Gasteiger partial charge in [0, 0.05) is 6.92 Å². The molecule has 1 N–H and O–H groups in total. The van der Waals surface area contributed by atoms with E-state index in [1.165, 1.54) is 18.9 Å². The van der Waals surface area contributed by atoms with Crippen LogP contribution in [-0.4, -0.2) is 73.4 Å². The molecule has 10 heteroatoms. The third-order valence-corrected chi connectivity index (χ3v) is 4.93. The highest BCUT2D eigenvalue weighted by Crippen LogP contribution is 2.37. The van der Waals surface area contributed by atoms with E-state index in [4.69, 9.17) is 23.7 Å². The number of carbonyl (C=O) groups is 3. The second-order valence-electron chi connectivity index (χ2n) is 7.87. The molecule has 0 bridgehead atoms. The van der Waals surface area contributed by atoms with Crippen LogP contribution in [0, 0.1) is 0 Å². The molecule has 2 amide bonds. The Morgan fingerprint density at radius 1 is 1.16 bits per heavy atom. The van der Waals surface area contributed by atoms with Crippen molar-refractivity contribution < 1.29 is 38.1 Å². The number of nitrogens with one attached hydrogen (secondary N) is 1. The van der Waals surface area contributed by atoms with Gasteiger partial charge in [-0.1, -0.05) is 30.3 Å². The van der Waals surface area contributed by atoms with Crippen LogP contribution in [0.2, 0.25) is 0 Å². The average molecular weight is 436 g/mol. The maximum absolute atomic E-state index is 12.7. The van der Waals surface area contributed by atoms with Crippen LogP contribution in [0.15, 0.2) is 30.3 Å². The van der Waals surface area contributed by atoms with E-state index in [2.05, 4.69) is 5.32 Å². The minimum absolute atomic E-state index is 0.0339. The Balaban J connectivity index is 1.70. The highest BCUT2D eigenvalue weighted by atomic mass is 16.8. The van der Waals surface area contributed by atoms with Gasteiger partial charge < -0.3 is 29.0 Å². The van der Waals surface area contributed by atoms with Crippen LogP contribution in [0.25, 0.3) is 0 Å². The highest BCUT2D eigenvalue weighted by molar-refractivity contribution is 5.78. The van der Waals surface area contributed by atoms with E-state index in [9.17, 15) is 14.4 Å². The lowest BCUT2D eigenvalue weighted by Gasteiger charge is -2.29. The first-order chi connectivity index (χ1) is 14.7. The minimum Gasteiger partial charge on any atom is -0.468 e. The summed E-state index contributed by atoms with van der Waals surface area (Å²) in [5, 5.41) is 2.81. The predicted octanol–water partition coefficient (Wildman–Crippen LogP) is 1.18. The molecular formula is C21H28N2O8. The van der Waals surface area contributed by atoms with Gasteiger partial charge in [0.15, 0.2) is 12.1 Å². The normalized spacial score (nSPS) is 26.1. The van der Waals surface area contributed by atoms with Crippen LogP contribution < -0.4 is 5.32 Å². The lowest BCUT2D eigenvalue weighted by atomic mass is 10.1. The van der Waals surface area contributed by atoms with Crippen molar-refractivity contribution >= 4 is 18.0 Å². The zero-order chi connectivity index (χ0) is 22.6. The number of ether oxygens (including phenoxy) is 5. The second kappa shape index (κ2) is 9.63. The number of nitrogens with zero attached hydrogens (tertiary/aromatic N) is 1. The summed E-state index contributed by atoms with van der Waals surface area (Å²) in [5.74, 6) is -1.75. The van der Waals surface area contributed by atoms with Crippen molar-refractivity contribution in [3.05, 3.63) is 35.9 Å². The lowest BCUT2D eigenvalue weighted by molar-refractivity contribution is -0.208. The highest BCUT2D eigenvalue weighted by Gasteiger charge is 2.55. The predicted molar refractivity (Wildman–Crippen MR) is 107 cm³/mol. The molecule has 170 valence electrons. The summed E-state index contributed by atoms with van der Waals surface area (Å²) in [4.78, 5) is 37.5. The van der Waals surface area contributed by atoms with Crippen LogP contribution in [-0.2, 0) is 39.9 Å². The summed E-state index contributed by atoms with van der Waals surface area (Å²) in [6, 6.07) is 8.59. The van der Waals surface area contributed by atoms with E-state index in [1.54, 1.807) is 13.8 Å². The summed E-state index contributed by atoms with van der Waals surface area (Å²) in [7, 11) is 1.23. The monoisotopic (exact) mass is 436 g/mol. The quantitative estimate of drug-likeness (QED) is 0.634. The number of hydrogen-bond donors (Lipinski definition) is 1. The average Bonchev–Trinajstić information content (AvgIpc) is 3.17. The van der Waals surface area contributed by atoms with Crippen LogP contribution in [0.3, 0.4) is 0 Å². The fraction of sp³-hybridized carbons (Fsp3) is 0.571. The van der Waals surface area contributed by atoms with Crippen LogP contribution in [0.4, 0.5) is 4.79 Å². The number of amides is 2. The Labute approximate surface area is 180 Å². The number of esters is 1. The SMILES string of the molecule is COC(=O)CN(CC1O[C@@H]2OC(C)(C)O[C@@H]2C1NC(C)=O)C(=O)OCc1ccccc1. The van der Waals surface area contributed by atoms with Gasteiger partial charge in [0.2, 0.25) is 5.91 Å². The van der Waals surface area contributed by atoms with E-state index < -0.39 is 42.4 Å². The lowest BCUT2D eigenvalue weighted by Crippen LogP contribution is -2.52. The fourth-order valence-corrected chi connectivity index (χ4v) is 3.59. The molecule has 1 aromatic carbocycles. The smallest absolute Gasteiger partial charge is 0.410 e. The first-order valence-electron chi connectivity index (χ1n) is 9.99. The zero-order valence-corrected chi connectivity index (χ0v) is 18.0. The number of hydrogen-bond acceptors (Lipinski definition) is 8. The first kappa shape index (κ1) is 23.0. The molecule has 0 aliphatic carbocycles. The third kappa shape index (κ3) is 5.93. The van der Waals surface area contributed by atoms with Crippen molar-refractivity contribution in [2.75, 3.05) is 20.2 Å². The van der Waals surface area contributed by atoms with Gasteiger partial charge in [-0.2, -0.15) is 0 Å². The summed E-state index contributed by atoms with van der Waals surface area (Å²) in [6.45, 7) is 4.56. The zero-order valence-electron chi connectivity index (χ0n) is 18.0. The van der Waals surface area contributed by atoms with Crippen molar-refractivity contribution in [2.24, 2.45) is 0 Å². The molecule has 0 spiro atoms. The maximum Gasteiger partial charge on any atom is 0.410 e. The van der Waals surface area contributed by atoms with Crippen molar-refractivity contribution in [3.8, 4) is 0 Å². The Kier molecular flexibility index (Phi) is 7.14. The van der Waals surface area contributed by atoms with E-state index in [0.29, 0.717) is 0 Å². The molecule has 0 radical (unpaired) electrons. The van der Waals surface area contributed by atoms with Crippen LogP contribution in [0.5, 0.6) is 0 Å². The molecule has 1 aromatic rings. The van der Waals surface area contributed by atoms with Gasteiger partial charge in [-0.3, -0.25) is 14.5 Å². The molecule has 3 rings (SSSR count). The molecule has 2 aliphatic heterocycles. The van der Waals surface area contributed by atoms with E-state index in [-0.39, 0.29) is 25.6 Å². The van der Waals surface area contributed by atoms with Gasteiger partial charge >= 0.3 is 12.1 Å². The molecular weight excluding hydrogens is 408 g/mol. The Hall–Kier alpha value is -2.69. The summed E-state index contributed by atoms with van der Waals surface area (Å²) < 4.78 is 27.6. The van der Waals surface area contributed by atoms with Crippen molar-refractivity contribution in [1.82, 2.24) is 10.2 Å². The standard InChI is InChI=1S/C21H28N2O8/c1-13(24)22-17-15(29-19-18(17)30-21(2,3)31-19)10-23(11-16(25)27-4)20(26)28-12-14-8-6-5-7-9-14/h5-9,15,17-19H,10-12H2,1-4H3,(H,22,24)/t15?,17?,18-,19-/m1/s1. The third-order valence-electron chi connectivity index (χ3n) is 4.93. The molecule has 2 unspecified atom stereocenters.